The molecule has 11 rings (SSSR count). The molecule has 0 saturated heterocycles. The zero-order chi connectivity index (χ0) is 39.5. The Hall–Kier alpha value is -7.43. The molecule has 282 valence electrons. The van der Waals surface area contributed by atoms with Crippen molar-refractivity contribution < 1.29 is 14.4 Å². The lowest BCUT2D eigenvalue weighted by molar-refractivity contribution is 0.387. The van der Waals surface area contributed by atoms with Crippen molar-refractivity contribution in [1.82, 2.24) is 39.9 Å². The highest BCUT2D eigenvalue weighted by Crippen LogP contribution is 2.32. The third-order valence-electron chi connectivity index (χ3n) is 9.18. The van der Waals surface area contributed by atoms with E-state index in [4.69, 9.17) is 9.79 Å². The first kappa shape index (κ1) is 36.2. The van der Waals surface area contributed by atoms with Gasteiger partial charge in [-0.3, -0.25) is 4.57 Å². The molecule has 0 atom stereocenters. The second-order valence-corrected chi connectivity index (χ2v) is 15.3. The second kappa shape index (κ2) is 15.6. The average Bonchev–Trinajstić information content (AvgIpc) is 4.05. The number of H-pyrrole nitrogens is 4. The number of nitrogens with one attached hydrogen (secondary N) is 4. The molecule has 4 aliphatic heterocycles. The lowest BCUT2D eigenvalue weighted by Crippen LogP contribution is -2.01. The van der Waals surface area contributed by atoms with E-state index in [9.17, 15) is 4.57 Å². The SMILES string of the molecule is C1=Cc2cc3ccc(cc4ccc(cc5nc(cc1n2)C=C5)[nH]4)[nH]3.C1=Cc2cc3ccc(cc4ccc(cc5nc(cc1n2)C=C5)[nH]4)[nH]3.O=P(O)(O)c1ccccc1. The lowest BCUT2D eigenvalue weighted by atomic mass is 10.3. The Balaban J connectivity index is 0.000000122. The maximum Gasteiger partial charge on any atom is 0.356 e. The van der Waals surface area contributed by atoms with Crippen molar-refractivity contribution in [1.29, 1.82) is 0 Å². The molecule has 12 heteroatoms. The topological polar surface area (TPSA) is 172 Å². The van der Waals surface area contributed by atoms with Gasteiger partial charge in [0.2, 0.25) is 0 Å². The summed E-state index contributed by atoms with van der Waals surface area (Å²) in [7, 11) is -4.02. The van der Waals surface area contributed by atoms with E-state index in [-0.39, 0.29) is 5.30 Å². The largest absolute Gasteiger partial charge is 0.356 e. The van der Waals surface area contributed by atoms with Gasteiger partial charge >= 0.3 is 7.60 Å². The molecule has 6 N–H and O–H groups in total. The number of fused-ring (bicyclic) bond motifs is 16. The van der Waals surface area contributed by atoms with Crippen molar-refractivity contribution in [3.63, 3.8) is 0 Å². The van der Waals surface area contributed by atoms with Crippen LogP contribution in [0.1, 0.15) is 45.6 Å². The smallest absolute Gasteiger partial charge is 0.355 e. The van der Waals surface area contributed by atoms with Gasteiger partial charge < -0.3 is 29.7 Å². The lowest BCUT2D eigenvalue weighted by Gasteiger charge is -2.00. The van der Waals surface area contributed by atoms with Crippen molar-refractivity contribution in [2.24, 2.45) is 0 Å². The van der Waals surface area contributed by atoms with Crippen LogP contribution < -0.4 is 5.30 Å². The summed E-state index contributed by atoms with van der Waals surface area (Å²) in [5.41, 5.74) is 15.7. The molecular weight excluding hydrogens is 744 g/mol. The quantitative estimate of drug-likeness (QED) is 0.0900. The predicted molar refractivity (Wildman–Crippen MR) is 236 cm³/mol. The molecule has 6 aromatic heterocycles. The molecule has 0 fully saturated rings. The van der Waals surface area contributed by atoms with Gasteiger partial charge in [0, 0.05) is 44.1 Å². The second-order valence-electron chi connectivity index (χ2n) is 13.7. The van der Waals surface area contributed by atoms with Crippen LogP contribution in [0.25, 0.3) is 92.7 Å². The Morgan fingerprint density at radius 3 is 0.810 bits per heavy atom. The Morgan fingerprint density at radius 1 is 0.328 bits per heavy atom. The third-order valence-corrected chi connectivity index (χ3v) is 10.1. The highest BCUT2D eigenvalue weighted by Gasteiger charge is 2.14. The van der Waals surface area contributed by atoms with E-state index in [2.05, 4.69) is 101 Å². The average molecular weight is 779 g/mol. The molecule has 0 amide bonds. The predicted octanol–water partition coefficient (Wildman–Crippen LogP) is 9.80. The first-order valence-electron chi connectivity index (χ1n) is 18.4. The fourth-order valence-electron chi connectivity index (χ4n) is 6.51. The minimum absolute atomic E-state index is 0.0648. The van der Waals surface area contributed by atoms with E-state index in [1.54, 1.807) is 18.2 Å². The molecule has 11 nitrogen and oxygen atoms in total. The van der Waals surface area contributed by atoms with Crippen LogP contribution in [0.5, 0.6) is 0 Å². The summed E-state index contributed by atoms with van der Waals surface area (Å²) in [5.74, 6) is 0. The number of nitrogens with zero attached hydrogens (tertiary/aromatic N) is 4. The summed E-state index contributed by atoms with van der Waals surface area (Å²) < 4.78 is 10.5. The molecule has 7 aromatic rings. The minimum Gasteiger partial charge on any atom is -0.355 e. The van der Waals surface area contributed by atoms with Gasteiger partial charge in [0.25, 0.3) is 0 Å². The molecule has 0 radical (unpaired) electrons. The Kier molecular flexibility index (Phi) is 9.74. The highest BCUT2D eigenvalue weighted by atomic mass is 31.2. The van der Waals surface area contributed by atoms with E-state index in [0.29, 0.717) is 0 Å². The van der Waals surface area contributed by atoms with Crippen molar-refractivity contribution in [2.45, 2.75) is 0 Å². The van der Waals surface area contributed by atoms with Crippen molar-refractivity contribution in [3.8, 4) is 0 Å². The fourth-order valence-corrected chi connectivity index (χ4v) is 7.07. The van der Waals surface area contributed by atoms with Crippen LogP contribution in [-0.4, -0.2) is 49.7 Å². The highest BCUT2D eigenvalue weighted by molar-refractivity contribution is 7.60. The molecule has 0 unspecified atom stereocenters. The number of rotatable bonds is 1. The number of hydrogen-bond donors (Lipinski definition) is 6. The van der Waals surface area contributed by atoms with Gasteiger partial charge in [-0.25, -0.2) is 19.9 Å². The van der Waals surface area contributed by atoms with Crippen LogP contribution in [-0.2, 0) is 4.57 Å². The van der Waals surface area contributed by atoms with E-state index >= 15 is 0 Å². The van der Waals surface area contributed by atoms with Gasteiger partial charge in [-0.15, -0.1) is 0 Å². The Bertz CT molecular complexity index is 2830. The van der Waals surface area contributed by atoms with Gasteiger partial charge in [-0.1, -0.05) is 18.2 Å². The summed E-state index contributed by atoms with van der Waals surface area (Å²) in [5, 5.41) is 0.0648. The standard InChI is InChI=1S/2C20H14N4.C6H7O3P/c2*1-2-14-10-16-5-6-18(23-16)12-20-8-7-19(24-20)11-17-4-3-15(22-17)9-13(1)21-14;7-10(8,9)6-4-2-1-3-5-6/h2*1-12,21-22H;1-5H,(H2,7,8,9). The summed E-state index contributed by atoms with van der Waals surface area (Å²) >= 11 is 0. The number of hydrogen-bond acceptors (Lipinski definition) is 5. The normalized spacial score (nSPS) is 12.4. The number of aromatic nitrogens is 8. The monoisotopic (exact) mass is 778 g/mol. The zero-order valence-corrected chi connectivity index (χ0v) is 31.7. The molecule has 0 spiro atoms. The molecule has 10 heterocycles. The van der Waals surface area contributed by atoms with Crippen LogP contribution in [0.4, 0.5) is 0 Å². The van der Waals surface area contributed by atoms with Crippen LogP contribution in [0, 0.1) is 0 Å². The van der Waals surface area contributed by atoms with Gasteiger partial charge in [-0.2, -0.15) is 0 Å². The first-order valence-corrected chi connectivity index (χ1v) is 20.0. The van der Waals surface area contributed by atoms with E-state index in [1.165, 1.54) is 12.1 Å². The van der Waals surface area contributed by atoms with Crippen LogP contribution in [0.15, 0.2) is 127 Å². The summed E-state index contributed by atoms with van der Waals surface area (Å²) in [6, 6.07) is 40.5. The maximum absolute atomic E-state index is 10.5. The molecule has 0 saturated carbocycles. The number of benzene rings is 1. The van der Waals surface area contributed by atoms with Gasteiger partial charge in [0.05, 0.1) is 50.9 Å². The fraction of sp³-hybridized carbons (Fsp3) is 0. The Morgan fingerprint density at radius 2 is 0.569 bits per heavy atom. The molecule has 0 aliphatic carbocycles. The van der Waals surface area contributed by atoms with E-state index in [1.807, 2.05) is 85.0 Å². The summed E-state index contributed by atoms with van der Waals surface area (Å²) in [6.45, 7) is 0. The zero-order valence-electron chi connectivity index (χ0n) is 30.8. The van der Waals surface area contributed by atoms with E-state index in [0.717, 1.165) is 89.7 Å². The molecular formula is C46H35N8O3P. The minimum atomic E-state index is -4.02. The van der Waals surface area contributed by atoms with Gasteiger partial charge in [0.15, 0.2) is 0 Å². The van der Waals surface area contributed by atoms with Gasteiger partial charge in [0.1, 0.15) is 0 Å². The van der Waals surface area contributed by atoms with Crippen LogP contribution in [0.2, 0.25) is 0 Å². The van der Waals surface area contributed by atoms with Crippen LogP contribution in [0.3, 0.4) is 0 Å². The third kappa shape index (κ3) is 8.99. The Labute approximate surface area is 331 Å². The molecule has 58 heavy (non-hydrogen) atoms. The molecule has 16 bridgehead atoms. The number of aromatic amines is 4. The first-order chi connectivity index (χ1) is 28.2. The van der Waals surface area contributed by atoms with Crippen molar-refractivity contribution in [3.05, 3.63) is 173 Å². The molecule has 4 aliphatic rings. The van der Waals surface area contributed by atoms with E-state index < -0.39 is 7.60 Å². The summed E-state index contributed by atoms with van der Waals surface area (Å²) in [4.78, 5) is 49.2. The summed E-state index contributed by atoms with van der Waals surface area (Å²) in [6.07, 6.45) is 16.1. The van der Waals surface area contributed by atoms with Gasteiger partial charge in [-0.05, 0) is 158 Å². The molecule has 1 aromatic carbocycles. The van der Waals surface area contributed by atoms with Crippen molar-refractivity contribution >= 4 is 106 Å². The van der Waals surface area contributed by atoms with Crippen LogP contribution >= 0.6 is 7.60 Å². The van der Waals surface area contributed by atoms with Crippen molar-refractivity contribution in [2.75, 3.05) is 0 Å². The maximum atomic E-state index is 10.5.